The highest BCUT2D eigenvalue weighted by molar-refractivity contribution is 6.17. The highest BCUT2D eigenvalue weighted by Gasteiger charge is 2.73. The van der Waals surface area contributed by atoms with Gasteiger partial charge in [-0.05, 0) is 17.3 Å². The average Bonchev–Trinajstić information content (AvgIpc) is 3.14. The molecule has 0 amide bonds. The lowest BCUT2D eigenvalue weighted by atomic mass is 9.84. The van der Waals surface area contributed by atoms with Crippen molar-refractivity contribution in [3.8, 4) is 5.75 Å². The average molecular weight is 424 g/mol. The van der Waals surface area contributed by atoms with Crippen molar-refractivity contribution in [2.75, 3.05) is 4.90 Å². The summed E-state index contributed by atoms with van der Waals surface area (Å²) in [6, 6.07) is 21.5. The smallest absolute Gasteiger partial charge is 0.211 e. The van der Waals surface area contributed by atoms with Gasteiger partial charge in [-0.15, -0.1) is 4.91 Å². The van der Waals surface area contributed by atoms with Crippen LogP contribution in [-0.2, 0) is 11.3 Å². The number of fused-ring (bicyclic) bond motifs is 6. The van der Waals surface area contributed by atoms with Crippen LogP contribution in [0.25, 0.3) is 10.8 Å². The molecule has 4 aromatic rings. The van der Waals surface area contributed by atoms with Gasteiger partial charge in [-0.1, -0.05) is 66.7 Å². The number of rotatable bonds is 2. The third-order valence-electron chi connectivity index (χ3n) is 6.53. The topological polar surface area (TPSA) is 110 Å². The maximum atomic E-state index is 13.6. The molecule has 0 spiro atoms. The first-order valence-corrected chi connectivity index (χ1v) is 10.0. The second-order valence-corrected chi connectivity index (χ2v) is 7.99. The molecule has 1 heterocycles. The maximum absolute atomic E-state index is 13.6. The van der Waals surface area contributed by atoms with Gasteiger partial charge in [0.15, 0.2) is 0 Å². The normalized spacial score (nSPS) is 23.2. The molecule has 7 heteroatoms. The third-order valence-corrected chi connectivity index (χ3v) is 6.53. The van der Waals surface area contributed by atoms with E-state index < -0.39 is 17.1 Å². The number of nitrogens with zero attached hydrogens (tertiary/aromatic N) is 2. The number of para-hydroxylation sites is 1. The number of carbonyl (C=O) groups excluding carboxylic acids is 1. The predicted octanol–water partition coefficient (Wildman–Crippen LogP) is 4.32. The van der Waals surface area contributed by atoms with Gasteiger partial charge in [0.25, 0.3) is 0 Å². The zero-order chi connectivity index (χ0) is 22.3. The summed E-state index contributed by atoms with van der Waals surface area (Å²) < 4.78 is 0. The van der Waals surface area contributed by atoms with Crippen LogP contribution in [0.2, 0.25) is 0 Å². The van der Waals surface area contributed by atoms with Gasteiger partial charge < -0.3 is 20.2 Å². The lowest BCUT2D eigenvalue weighted by Crippen LogP contribution is -2.53. The van der Waals surface area contributed by atoms with E-state index >= 15 is 0 Å². The van der Waals surface area contributed by atoms with Crippen molar-refractivity contribution in [1.82, 2.24) is 0 Å². The Balaban J connectivity index is 1.86. The number of anilines is 2. The van der Waals surface area contributed by atoms with Gasteiger partial charge in [0.1, 0.15) is 11.4 Å². The molecule has 0 saturated heterocycles. The molecule has 0 bridgehead atoms. The maximum Gasteiger partial charge on any atom is 0.211 e. The Hall–Kier alpha value is -4.07. The standard InChI is InChI=1S/C25H16N2O5/c28-22-16-11-5-4-10-15(16)20(26-32)21-19(22)24(30)23(29)17-12-6-7-13-18(17)25(24,31)27(21)14-8-2-1-3-9-14/h1-13,28,30-31H. The summed E-state index contributed by atoms with van der Waals surface area (Å²) in [4.78, 5) is 27.0. The molecule has 32 heavy (non-hydrogen) atoms. The molecule has 3 N–H and O–H groups in total. The van der Waals surface area contributed by atoms with Crippen molar-refractivity contribution in [1.29, 1.82) is 0 Å². The number of benzene rings is 4. The number of phenolic OH excluding ortho intramolecular Hbond substituents is 1. The van der Waals surface area contributed by atoms with Crippen LogP contribution >= 0.6 is 0 Å². The summed E-state index contributed by atoms with van der Waals surface area (Å²) in [5, 5.41) is 39.3. The molecule has 156 valence electrons. The molecule has 1 aliphatic heterocycles. The third kappa shape index (κ3) is 1.87. The van der Waals surface area contributed by atoms with E-state index in [9.17, 15) is 25.0 Å². The first kappa shape index (κ1) is 18.7. The van der Waals surface area contributed by atoms with Gasteiger partial charge in [0, 0.05) is 27.6 Å². The predicted molar refractivity (Wildman–Crippen MR) is 118 cm³/mol. The zero-order valence-electron chi connectivity index (χ0n) is 16.6. The first-order chi connectivity index (χ1) is 15.5. The number of hydrogen-bond donors (Lipinski definition) is 3. The first-order valence-electron chi connectivity index (χ1n) is 10.0. The highest BCUT2D eigenvalue weighted by atomic mass is 16.4. The number of aromatic hydroxyl groups is 1. The molecule has 2 unspecified atom stereocenters. The molecular weight excluding hydrogens is 408 g/mol. The summed E-state index contributed by atoms with van der Waals surface area (Å²) in [7, 11) is 0. The Morgan fingerprint density at radius 1 is 0.812 bits per heavy atom. The van der Waals surface area contributed by atoms with E-state index in [0.29, 0.717) is 11.1 Å². The van der Waals surface area contributed by atoms with Crippen LogP contribution in [0, 0.1) is 4.91 Å². The molecule has 0 saturated carbocycles. The number of nitroso groups, excluding NO2 is 1. The van der Waals surface area contributed by atoms with Crippen LogP contribution < -0.4 is 4.90 Å². The zero-order valence-corrected chi connectivity index (χ0v) is 16.6. The monoisotopic (exact) mass is 424 g/mol. The van der Waals surface area contributed by atoms with Crippen molar-refractivity contribution in [2.45, 2.75) is 11.3 Å². The van der Waals surface area contributed by atoms with E-state index in [1.807, 2.05) is 0 Å². The number of carbonyl (C=O) groups is 1. The van der Waals surface area contributed by atoms with Gasteiger partial charge in [0.2, 0.25) is 17.1 Å². The van der Waals surface area contributed by atoms with E-state index in [2.05, 4.69) is 5.18 Å². The van der Waals surface area contributed by atoms with Crippen LogP contribution in [0.3, 0.4) is 0 Å². The fraction of sp³-hybridized carbons (Fsp3) is 0.0800. The molecule has 2 aliphatic rings. The number of Topliss-reactive ketones (excluding diaryl/α,β-unsaturated/α-hetero) is 1. The van der Waals surface area contributed by atoms with Crippen LogP contribution in [0.5, 0.6) is 5.75 Å². The second kappa shape index (κ2) is 6.00. The number of ketones is 1. The number of aliphatic hydroxyl groups is 2. The Morgan fingerprint density at radius 2 is 1.44 bits per heavy atom. The van der Waals surface area contributed by atoms with E-state index in [0.717, 1.165) is 0 Å². The molecule has 4 aromatic carbocycles. The summed E-state index contributed by atoms with van der Waals surface area (Å²) >= 11 is 0. The Morgan fingerprint density at radius 3 is 2.16 bits per heavy atom. The van der Waals surface area contributed by atoms with Gasteiger partial charge in [-0.3, -0.25) is 4.79 Å². The minimum atomic E-state index is -2.56. The van der Waals surface area contributed by atoms with Crippen molar-refractivity contribution in [3.05, 3.63) is 100 Å². The second-order valence-electron chi connectivity index (χ2n) is 7.99. The van der Waals surface area contributed by atoms with Crippen LogP contribution in [0.15, 0.2) is 84.0 Å². The van der Waals surface area contributed by atoms with Gasteiger partial charge in [-0.2, -0.15) is 0 Å². The molecule has 0 aromatic heterocycles. The molecule has 0 fully saturated rings. The Bertz CT molecular complexity index is 1470. The molecular formula is C25H16N2O5. The van der Waals surface area contributed by atoms with Gasteiger partial charge in [0.05, 0.1) is 11.3 Å². The van der Waals surface area contributed by atoms with E-state index in [1.165, 1.54) is 11.0 Å². The van der Waals surface area contributed by atoms with Crippen LogP contribution in [0.1, 0.15) is 21.5 Å². The Labute approximate surface area is 181 Å². The van der Waals surface area contributed by atoms with Crippen molar-refractivity contribution < 1.29 is 20.1 Å². The highest BCUT2D eigenvalue weighted by Crippen LogP contribution is 2.67. The minimum absolute atomic E-state index is 0.00440. The molecule has 0 radical (unpaired) electrons. The summed E-state index contributed by atoms with van der Waals surface area (Å²) in [6.45, 7) is 0. The molecule has 6 rings (SSSR count). The molecule has 7 nitrogen and oxygen atoms in total. The van der Waals surface area contributed by atoms with Crippen molar-refractivity contribution in [3.63, 3.8) is 0 Å². The number of hydrogen-bond acceptors (Lipinski definition) is 7. The van der Waals surface area contributed by atoms with Crippen molar-refractivity contribution >= 4 is 33.6 Å². The molecule has 2 atom stereocenters. The quantitative estimate of drug-likeness (QED) is 0.413. The molecule has 1 aliphatic carbocycles. The van der Waals surface area contributed by atoms with E-state index in [-0.39, 0.29) is 39.2 Å². The number of phenols is 1. The fourth-order valence-corrected chi connectivity index (χ4v) is 5.20. The van der Waals surface area contributed by atoms with E-state index in [1.54, 1.807) is 72.8 Å². The van der Waals surface area contributed by atoms with Crippen molar-refractivity contribution in [2.24, 2.45) is 5.18 Å². The summed E-state index contributed by atoms with van der Waals surface area (Å²) in [6.07, 6.45) is 0. The van der Waals surface area contributed by atoms with Gasteiger partial charge in [-0.25, -0.2) is 0 Å². The van der Waals surface area contributed by atoms with E-state index in [4.69, 9.17) is 0 Å². The van der Waals surface area contributed by atoms with Gasteiger partial charge >= 0.3 is 0 Å². The Kier molecular flexibility index (Phi) is 3.50. The van der Waals surface area contributed by atoms with Crippen LogP contribution in [0.4, 0.5) is 17.1 Å². The largest absolute Gasteiger partial charge is 0.507 e. The fourth-order valence-electron chi connectivity index (χ4n) is 5.20. The SMILES string of the molecule is O=Nc1c2c(c(O)c3ccccc13)C1(O)C(=O)c3ccccc3C1(O)N2c1ccccc1. The minimum Gasteiger partial charge on any atom is -0.507 e. The summed E-state index contributed by atoms with van der Waals surface area (Å²) in [5.41, 5.74) is -4.47. The lowest BCUT2D eigenvalue weighted by molar-refractivity contribution is -0.113. The lowest BCUT2D eigenvalue weighted by Gasteiger charge is -2.38. The van der Waals surface area contributed by atoms with Crippen LogP contribution in [-0.4, -0.2) is 21.1 Å². The summed E-state index contributed by atoms with van der Waals surface area (Å²) in [5.74, 6) is -1.15.